The summed E-state index contributed by atoms with van der Waals surface area (Å²) in [5.41, 5.74) is 0. The van der Waals surface area contributed by atoms with Crippen LogP contribution in [0.15, 0.2) is 4.52 Å². The average Bonchev–Trinajstić information content (AvgIpc) is 3.02. The molecule has 0 unspecified atom stereocenters. The van der Waals surface area contributed by atoms with Gasteiger partial charge in [0.25, 0.3) is 0 Å². The molecule has 0 radical (unpaired) electrons. The van der Waals surface area contributed by atoms with Gasteiger partial charge in [-0.15, -0.1) is 0 Å². The van der Waals surface area contributed by atoms with E-state index in [1.807, 2.05) is 0 Å². The maximum absolute atomic E-state index is 15.0. The van der Waals surface area contributed by atoms with Crippen LogP contribution in [0.1, 0.15) is 0 Å². The zero-order chi connectivity index (χ0) is 59.0. The standard InChI is InChI=1S/C18H2F42N3O6P3/c19-1(20,7(31,32)33)13(49,50)64-71(65-14(51,52)2(21,22)8(34,35)36,66-15(53,54)3(23,24)9(37,38)39)61-70-62-72(63-71,67-16(55,56)4(25,26)10(40,41)42,68-17(57,58)5(27,28)11(43,44)45)69-18(59,60)6(29,30)12(46,47)48/h63H,(H,61,62). The van der Waals surface area contributed by atoms with E-state index >= 15 is 26.3 Å². The first-order valence-electron chi connectivity index (χ1n) is 14.6. The third kappa shape index (κ3) is 11.0. The molecule has 0 aromatic heterocycles. The van der Waals surface area contributed by atoms with E-state index in [-0.39, 0.29) is 0 Å². The van der Waals surface area contributed by atoms with E-state index < -0.39 is 143 Å². The molecule has 2 N–H and O–H groups in total. The molecular formula is C18H2F42N3O6P3. The predicted molar refractivity (Wildman–Crippen MR) is 132 cm³/mol. The molecule has 9 nitrogen and oxygen atoms in total. The molecule has 0 saturated heterocycles. The van der Waals surface area contributed by atoms with Crippen molar-refractivity contribution < 1.29 is 212 Å². The summed E-state index contributed by atoms with van der Waals surface area (Å²) in [6.45, 7) is 0. The molecule has 0 fully saturated rings. The van der Waals surface area contributed by atoms with Gasteiger partial charge in [-0.3, -0.25) is 0 Å². The molecule has 0 aliphatic carbocycles. The van der Waals surface area contributed by atoms with Crippen molar-refractivity contribution in [3.05, 3.63) is 0 Å². The Bertz CT molecular complexity index is 1810. The van der Waals surface area contributed by atoms with Gasteiger partial charge in [0, 0.05) is 0 Å². The van der Waals surface area contributed by atoms with Crippen LogP contribution in [0.2, 0.25) is 0 Å². The fraction of sp³-hybridized carbons (Fsp3) is 1.00. The van der Waals surface area contributed by atoms with Gasteiger partial charge >= 0.3 is 359 Å². The van der Waals surface area contributed by atoms with Crippen molar-refractivity contribution in [2.45, 2.75) is 109 Å². The molecule has 0 saturated carbocycles. The summed E-state index contributed by atoms with van der Waals surface area (Å²) in [6.07, 6.45) is -112. The number of rotatable bonds is 18. The van der Waals surface area contributed by atoms with Gasteiger partial charge in [-0.1, -0.05) is 0 Å². The third-order valence-electron chi connectivity index (χ3n) is 6.75. The number of hydrogen-bond acceptors (Lipinski definition) is 9. The van der Waals surface area contributed by atoms with E-state index in [9.17, 15) is 158 Å². The zero-order valence-electron chi connectivity index (χ0n) is 30.1. The molecule has 1 rings (SSSR count). The van der Waals surface area contributed by atoms with Gasteiger partial charge in [0.05, 0.1) is 0 Å². The molecule has 0 bridgehead atoms. The van der Waals surface area contributed by atoms with Gasteiger partial charge in [-0.25, -0.2) is 0 Å². The Labute approximate surface area is 360 Å². The van der Waals surface area contributed by atoms with Crippen LogP contribution in [-0.4, -0.2) is 109 Å². The summed E-state index contributed by atoms with van der Waals surface area (Å²) < 4.78 is 595. The van der Waals surface area contributed by atoms with Gasteiger partial charge in [0.2, 0.25) is 0 Å². The molecule has 0 spiro atoms. The Hall–Kier alpha value is -2.30. The molecule has 434 valence electrons. The van der Waals surface area contributed by atoms with Crippen molar-refractivity contribution in [1.82, 2.24) is 9.72 Å². The molecule has 0 aromatic carbocycles. The normalized spacial score (nSPS) is 21.6. The number of halogens is 42. The van der Waals surface area contributed by atoms with Crippen LogP contribution >= 0.6 is 23.7 Å². The molecule has 72 heavy (non-hydrogen) atoms. The summed E-state index contributed by atoms with van der Waals surface area (Å²) >= 11 is 0. The van der Waals surface area contributed by atoms with Crippen molar-refractivity contribution in [3.63, 3.8) is 0 Å². The van der Waals surface area contributed by atoms with Crippen LogP contribution in [0.25, 0.3) is 0 Å². The molecule has 0 amide bonds. The third-order valence-corrected chi connectivity index (χ3v) is 16.1. The van der Waals surface area contributed by atoms with Gasteiger partial charge in [0.1, 0.15) is 0 Å². The fourth-order valence-corrected chi connectivity index (χ4v) is 13.9. The second kappa shape index (κ2) is 17.1. The SMILES string of the molecule is FC(F)(F)C(F)(F)C(F)(F)OP1(OC(F)(F)C(F)(F)C(F)(F)F)(OC(F)(F)C(F)(F)C(F)(F)F)N=PNP(OC(F)(F)C(F)(F)C(F)(F)F)(OC(F)(F)C(F)(F)C(F)(F)F)(OC(F)(F)C(F)(F)C(F)(F)F)N1. The van der Waals surface area contributed by atoms with Crippen LogP contribution in [0.4, 0.5) is 184 Å². The minimum absolute atomic E-state index is 0.398. The fourth-order valence-electron chi connectivity index (χ4n) is 3.42. The topological polar surface area (TPSA) is 91.8 Å². The monoisotopic (exact) mass is 1250 g/mol. The quantitative estimate of drug-likeness (QED) is 0.104. The summed E-state index contributed by atoms with van der Waals surface area (Å²) in [5, 5.41) is 0. The van der Waals surface area contributed by atoms with Crippen LogP contribution in [0.5, 0.6) is 0 Å². The number of nitrogens with zero attached hydrogens (tertiary/aromatic N) is 1. The van der Waals surface area contributed by atoms with Gasteiger partial charge in [-0.05, 0) is 0 Å². The Kier molecular flexibility index (Phi) is 16.1. The number of nitrogens with one attached hydrogen (secondary N) is 2. The molecule has 1 heterocycles. The number of hydrogen-bond donors (Lipinski definition) is 2. The van der Waals surface area contributed by atoms with Crippen molar-refractivity contribution >= 4 is 23.7 Å². The maximum atomic E-state index is 15.0. The predicted octanol–water partition coefficient (Wildman–Crippen LogP) is 15.3. The number of alkyl halides is 42. The molecule has 0 atom stereocenters. The average molecular weight is 1250 g/mol. The van der Waals surface area contributed by atoms with E-state index in [1.165, 1.54) is 27.1 Å². The van der Waals surface area contributed by atoms with Gasteiger partial charge in [-0.2, -0.15) is 0 Å². The first-order chi connectivity index (χ1) is 30.3. The minimum atomic E-state index is -13.4. The van der Waals surface area contributed by atoms with E-state index in [1.54, 1.807) is 0 Å². The molecule has 54 heteroatoms. The summed E-state index contributed by atoms with van der Waals surface area (Å²) in [5.74, 6) is -56.5. The van der Waals surface area contributed by atoms with E-state index in [4.69, 9.17) is 0 Å². The van der Waals surface area contributed by atoms with Crippen LogP contribution in [0, 0.1) is 0 Å². The summed E-state index contributed by atoms with van der Waals surface area (Å²) in [6, 6.07) is 0. The summed E-state index contributed by atoms with van der Waals surface area (Å²) in [4.78, 5) is -4.28. The van der Waals surface area contributed by atoms with Crippen LogP contribution in [-0.2, 0) is 27.1 Å². The van der Waals surface area contributed by atoms with Crippen LogP contribution < -0.4 is 9.72 Å². The van der Waals surface area contributed by atoms with Crippen molar-refractivity contribution in [2.75, 3.05) is 0 Å². The van der Waals surface area contributed by atoms with Gasteiger partial charge < -0.3 is 0 Å². The first kappa shape index (κ1) is 67.7. The van der Waals surface area contributed by atoms with Crippen LogP contribution in [0.3, 0.4) is 0 Å². The zero-order valence-corrected chi connectivity index (χ0v) is 32.8. The second-order valence-electron chi connectivity index (χ2n) is 12.2. The molecule has 1 aliphatic rings. The van der Waals surface area contributed by atoms with Crippen molar-refractivity contribution in [1.29, 1.82) is 0 Å². The van der Waals surface area contributed by atoms with Crippen molar-refractivity contribution in [3.8, 4) is 0 Å². The van der Waals surface area contributed by atoms with E-state index in [0.717, 1.165) is 0 Å². The van der Waals surface area contributed by atoms with E-state index in [0.29, 0.717) is 4.52 Å². The van der Waals surface area contributed by atoms with Crippen molar-refractivity contribution in [2.24, 2.45) is 4.52 Å². The molecule has 1 aliphatic heterocycles. The second-order valence-corrected chi connectivity index (χ2v) is 19.3. The Morgan fingerprint density at radius 3 is 0.556 bits per heavy atom. The molecule has 0 aromatic rings. The Morgan fingerprint density at radius 2 is 0.403 bits per heavy atom. The van der Waals surface area contributed by atoms with E-state index in [2.05, 4.69) is 0 Å². The first-order valence-corrected chi connectivity index (χ1v) is 19.3. The van der Waals surface area contributed by atoms with Gasteiger partial charge in [0.15, 0.2) is 0 Å². The summed E-state index contributed by atoms with van der Waals surface area (Å²) in [7, 11) is -31.5. The Morgan fingerprint density at radius 1 is 0.250 bits per heavy atom. The molecular weight excluding hydrogens is 1250 g/mol. The Balaban J connectivity index is 5.77.